The molecule has 1 spiro atoms. The van der Waals surface area contributed by atoms with Gasteiger partial charge in [-0.3, -0.25) is 4.79 Å². The molecule has 128 valence electrons. The Balaban J connectivity index is 1.58. The van der Waals surface area contributed by atoms with Crippen molar-refractivity contribution < 1.29 is 14.7 Å². The number of carboxylic acids is 1. The molecule has 4 heteroatoms. The molecule has 0 saturated carbocycles. The van der Waals surface area contributed by atoms with Gasteiger partial charge in [0, 0.05) is 13.1 Å². The van der Waals surface area contributed by atoms with Gasteiger partial charge in [0.05, 0.1) is 11.0 Å². The molecule has 1 aliphatic heterocycles. The van der Waals surface area contributed by atoms with Crippen LogP contribution in [0, 0.1) is 5.41 Å². The van der Waals surface area contributed by atoms with Crippen LogP contribution >= 0.6 is 0 Å². The Bertz CT molecular complexity index is 830. The summed E-state index contributed by atoms with van der Waals surface area (Å²) in [7, 11) is 0. The molecule has 0 radical (unpaired) electrons. The van der Waals surface area contributed by atoms with Crippen molar-refractivity contribution in [3.05, 3.63) is 70.8 Å². The fourth-order valence-corrected chi connectivity index (χ4v) is 4.32. The number of nitrogens with zero attached hydrogens (tertiary/aromatic N) is 1. The van der Waals surface area contributed by atoms with Crippen molar-refractivity contribution in [1.29, 1.82) is 0 Å². The van der Waals surface area contributed by atoms with Crippen LogP contribution in [-0.2, 0) is 24.2 Å². The van der Waals surface area contributed by atoms with E-state index in [1.165, 1.54) is 0 Å². The van der Waals surface area contributed by atoms with Crippen LogP contribution in [0.25, 0.3) is 0 Å². The lowest BCUT2D eigenvalue weighted by Gasteiger charge is -2.39. The first-order valence-electron chi connectivity index (χ1n) is 8.76. The molecule has 0 unspecified atom stereocenters. The normalized spacial score (nSPS) is 22.2. The van der Waals surface area contributed by atoms with Gasteiger partial charge >= 0.3 is 5.97 Å². The van der Waals surface area contributed by atoms with Crippen molar-refractivity contribution in [2.45, 2.75) is 32.2 Å². The maximum absolute atomic E-state index is 13.3. The third-order valence-corrected chi connectivity index (χ3v) is 5.55. The number of piperidine rings is 1. The standard InChI is InChI=1S/C21H21NO3/c23-19(24)16-7-8-17-12-21(13-18(17)11-16)9-4-10-22(20(21)25)14-15-5-2-1-3-6-15/h1-3,5-8,11H,4,9-10,12-14H2,(H,23,24)/t21-/m1/s1. The van der Waals surface area contributed by atoms with Crippen molar-refractivity contribution in [2.24, 2.45) is 5.41 Å². The third-order valence-electron chi connectivity index (χ3n) is 5.55. The number of hydrogen-bond donors (Lipinski definition) is 1. The van der Waals surface area contributed by atoms with E-state index < -0.39 is 5.97 Å². The molecule has 0 aromatic heterocycles. The van der Waals surface area contributed by atoms with Gasteiger partial charge in [-0.1, -0.05) is 36.4 Å². The summed E-state index contributed by atoms with van der Waals surface area (Å²) >= 11 is 0. The van der Waals surface area contributed by atoms with E-state index in [9.17, 15) is 14.7 Å². The highest BCUT2D eigenvalue weighted by Crippen LogP contribution is 2.44. The van der Waals surface area contributed by atoms with E-state index in [-0.39, 0.29) is 11.3 Å². The first-order valence-corrected chi connectivity index (χ1v) is 8.76. The predicted molar refractivity (Wildman–Crippen MR) is 94.3 cm³/mol. The Morgan fingerprint density at radius 2 is 1.84 bits per heavy atom. The second-order valence-electron chi connectivity index (χ2n) is 7.24. The molecule has 2 aromatic carbocycles. The van der Waals surface area contributed by atoms with Crippen molar-refractivity contribution in [3.63, 3.8) is 0 Å². The lowest BCUT2D eigenvalue weighted by Crippen LogP contribution is -2.48. The number of carbonyl (C=O) groups excluding carboxylic acids is 1. The number of fused-ring (bicyclic) bond motifs is 1. The van der Waals surface area contributed by atoms with Gasteiger partial charge in [-0.15, -0.1) is 0 Å². The molecular formula is C21H21NO3. The maximum atomic E-state index is 13.3. The monoisotopic (exact) mass is 335 g/mol. The molecule has 0 bridgehead atoms. The number of aromatic carboxylic acids is 1. The van der Waals surface area contributed by atoms with Crippen molar-refractivity contribution in [3.8, 4) is 0 Å². The Morgan fingerprint density at radius 1 is 1.08 bits per heavy atom. The van der Waals surface area contributed by atoms with Crippen LogP contribution in [-0.4, -0.2) is 28.4 Å². The zero-order valence-electron chi connectivity index (χ0n) is 14.1. The molecule has 4 nitrogen and oxygen atoms in total. The van der Waals surface area contributed by atoms with Gasteiger partial charge in [-0.2, -0.15) is 0 Å². The number of carboxylic acid groups (broad SMARTS) is 1. The van der Waals surface area contributed by atoms with Gasteiger partial charge < -0.3 is 10.0 Å². The summed E-state index contributed by atoms with van der Waals surface area (Å²) in [5.74, 6) is -0.694. The molecule has 1 N–H and O–H groups in total. The van der Waals surface area contributed by atoms with Gasteiger partial charge in [-0.05, 0) is 54.5 Å². The zero-order valence-corrected chi connectivity index (χ0v) is 14.1. The van der Waals surface area contributed by atoms with Gasteiger partial charge in [0.1, 0.15) is 0 Å². The minimum Gasteiger partial charge on any atom is -0.478 e. The van der Waals surface area contributed by atoms with E-state index in [4.69, 9.17) is 0 Å². The Labute approximate surface area is 147 Å². The number of hydrogen-bond acceptors (Lipinski definition) is 2. The Morgan fingerprint density at radius 3 is 2.60 bits per heavy atom. The summed E-state index contributed by atoms with van der Waals surface area (Å²) in [5, 5.41) is 9.20. The number of likely N-dealkylation sites (tertiary alicyclic amines) is 1. The first-order chi connectivity index (χ1) is 12.1. The summed E-state index contributed by atoms with van der Waals surface area (Å²) < 4.78 is 0. The SMILES string of the molecule is O=C(O)c1ccc2c(c1)C[C@@]1(CCCN(Cc3ccccc3)C1=O)C2. The lowest BCUT2D eigenvalue weighted by molar-refractivity contribution is -0.146. The Hall–Kier alpha value is -2.62. The molecular weight excluding hydrogens is 314 g/mol. The third kappa shape index (κ3) is 2.82. The minimum atomic E-state index is -0.913. The fourth-order valence-electron chi connectivity index (χ4n) is 4.32. The molecule has 1 aliphatic carbocycles. The van der Waals surface area contributed by atoms with Crippen LogP contribution in [0.5, 0.6) is 0 Å². The van der Waals surface area contributed by atoms with E-state index in [1.807, 2.05) is 29.2 Å². The van der Waals surface area contributed by atoms with Gasteiger partial charge in [0.2, 0.25) is 5.91 Å². The number of rotatable bonds is 3. The van der Waals surface area contributed by atoms with Crippen LogP contribution in [0.3, 0.4) is 0 Å². The average molecular weight is 335 g/mol. The molecule has 1 heterocycles. The van der Waals surface area contributed by atoms with Crippen molar-refractivity contribution >= 4 is 11.9 Å². The molecule has 1 saturated heterocycles. The predicted octanol–water partition coefficient (Wildman–Crippen LogP) is 3.29. The molecule has 1 fully saturated rings. The smallest absolute Gasteiger partial charge is 0.335 e. The van der Waals surface area contributed by atoms with Gasteiger partial charge in [0.25, 0.3) is 0 Å². The molecule has 1 atom stereocenters. The van der Waals surface area contributed by atoms with Crippen LogP contribution in [0.1, 0.15) is 39.9 Å². The van der Waals surface area contributed by atoms with E-state index in [0.717, 1.165) is 42.5 Å². The van der Waals surface area contributed by atoms with Crippen LogP contribution in [0.2, 0.25) is 0 Å². The molecule has 2 aromatic rings. The number of carbonyl (C=O) groups is 2. The zero-order chi connectivity index (χ0) is 17.4. The van der Waals surface area contributed by atoms with Crippen LogP contribution in [0.4, 0.5) is 0 Å². The molecule has 4 rings (SSSR count). The largest absolute Gasteiger partial charge is 0.478 e. The summed E-state index contributed by atoms with van der Waals surface area (Å²) in [6.07, 6.45) is 3.27. The van der Waals surface area contributed by atoms with E-state index in [0.29, 0.717) is 18.5 Å². The fraction of sp³-hybridized carbons (Fsp3) is 0.333. The summed E-state index contributed by atoms with van der Waals surface area (Å²) in [6, 6.07) is 15.4. The first kappa shape index (κ1) is 15.9. The summed E-state index contributed by atoms with van der Waals surface area (Å²) in [4.78, 5) is 26.4. The van der Waals surface area contributed by atoms with E-state index >= 15 is 0 Å². The second-order valence-corrected chi connectivity index (χ2v) is 7.24. The van der Waals surface area contributed by atoms with E-state index in [2.05, 4.69) is 12.1 Å². The summed E-state index contributed by atoms with van der Waals surface area (Å²) in [5.41, 5.74) is 3.22. The van der Waals surface area contributed by atoms with E-state index in [1.54, 1.807) is 12.1 Å². The lowest BCUT2D eigenvalue weighted by atomic mass is 9.76. The molecule has 25 heavy (non-hydrogen) atoms. The quantitative estimate of drug-likeness (QED) is 0.936. The van der Waals surface area contributed by atoms with Gasteiger partial charge in [-0.25, -0.2) is 4.79 Å². The van der Waals surface area contributed by atoms with Crippen LogP contribution in [0.15, 0.2) is 48.5 Å². The number of benzene rings is 2. The van der Waals surface area contributed by atoms with Crippen molar-refractivity contribution in [1.82, 2.24) is 4.90 Å². The van der Waals surface area contributed by atoms with Crippen LogP contribution < -0.4 is 0 Å². The average Bonchev–Trinajstić information content (AvgIpc) is 2.98. The van der Waals surface area contributed by atoms with Gasteiger partial charge in [0.15, 0.2) is 0 Å². The minimum absolute atomic E-state index is 0.218. The second kappa shape index (κ2) is 6.03. The highest BCUT2D eigenvalue weighted by atomic mass is 16.4. The summed E-state index contributed by atoms with van der Waals surface area (Å²) in [6.45, 7) is 1.45. The van der Waals surface area contributed by atoms with Crippen molar-refractivity contribution in [2.75, 3.05) is 6.54 Å². The highest BCUT2D eigenvalue weighted by Gasteiger charge is 2.47. The number of amides is 1. The topological polar surface area (TPSA) is 57.6 Å². The molecule has 1 amide bonds. The highest BCUT2D eigenvalue weighted by molar-refractivity contribution is 5.89. The Kier molecular flexibility index (Phi) is 3.83. The maximum Gasteiger partial charge on any atom is 0.335 e. The molecule has 2 aliphatic rings.